The van der Waals surface area contributed by atoms with Gasteiger partial charge < -0.3 is 9.73 Å². The first-order valence-corrected chi connectivity index (χ1v) is 9.26. The first kappa shape index (κ1) is 19.4. The number of para-hydroxylation sites is 2. The van der Waals surface area contributed by atoms with E-state index in [0.29, 0.717) is 38.8 Å². The molecule has 0 radical (unpaired) electrons. The third-order valence-corrected chi connectivity index (χ3v) is 4.60. The van der Waals surface area contributed by atoms with Crippen molar-refractivity contribution in [3.05, 3.63) is 93.5 Å². The van der Waals surface area contributed by atoms with E-state index >= 15 is 0 Å². The Kier molecular flexibility index (Phi) is 5.28. The Labute approximate surface area is 175 Å². The highest BCUT2D eigenvalue weighted by Crippen LogP contribution is 2.32. The van der Waals surface area contributed by atoms with Crippen LogP contribution in [0, 0.1) is 10.1 Å². The molecule has 4 aromatic rings. The summed E-state index contributed by atoms with van der Waals surface area (Å²) in [5, 5.41) is 14.0. The average molecular weight is 420 g/mol. The molecule has 0 aliphatic heterocycles. The molecule has 148 valence electrons. The summed E-state index contributed by atoms with van der Waals surface area (Å²) in [4.78, 5) is 27.1. The number of carbonyl (C=O) groups excluding carboxylic acids is 1. The number of nitrogens with one attached hydrogen (secondary N) is 1. The second-order valence-corrected chi connectivity index (χ2v) is 6.76. The van der Waals surface area contributed by atoms with Crippen LogP contribution >= 0.6 is 11.6 Å². The Hall–Kier alpha value is -3.97. The predicted octanol–water partition coefficient (Wildman–Crippen LogP) is 5.71. The second kappa shape index (κ2) is 8.18. The Morgan fingerprint density at radius 2 is 1.93 bits per heavy atom. The van der Waals surface area contributed by atoms with Crippen LogP contribution in [0.3, 0.4) is 0 Å². The first-order valence-electron chi connectivity index (χ1n) is 8.88. The number of halogens is 1. The number of anilines is 1. The fraction of sp³-hybridized carbons (Fsp3) is 0. The Morgan fingerprint density at radius 1 is 1.10 bits per heavy atom. The van der Waals surface area contributed by atoms with E-state index in [1.54, 1.807) is 30.3 Å². The van der Waals surface area contributed by atoms with Gasteiger partial charge in [0.2, 0.25) is 11.8 Å². The van der Waals surface area contributed by atoms with Gasteiger partial charge in [-0.25, -0.2) is 4.98 Å². The van der Waals surface area contributed by atoms with E-state index in [9.17, 15) is 14.9 Å². The number of carbonyl (C=O) groups is 1. The van der Waals surface area contributed by atoms with Gasteiger partial charge in [0, 0.05) is 23.9 Å². The monoisotopic (exact) mass is 419 g/mol. The van der Waals surface area contributed by atoms with Gasteiger partial charge in [0.1, 0.15) is 5.52 Å². The lowest BCUT2D eigenvalue weighted by atomic mass is 10.2. The molecule has 1 amide bonds. The van der Waals surface area contributed by atoms with Crippen LogP contribution in [0.15, 0.2) is 77.2 Å². The van der Waals surface area contributed by atoms with Crippen LogP contribution in [0.5, 0.6) is 0 Å². The zero-order chi connectivity index (χ0) is 21.1. The molecule has 0 bridgehead atoms. The number of hydrogen-bond donors (Lipinski definition) is 1. The molecule has 0 unspecified atom stereocenters. The van der Waals surface area contributed by atoms with Crippen LogP contribution < -0.4 is 5.32 Å². The number of hydrogen-bond acceptors (Lipinski definition) is 5. The van der Waals surface area contributed by atoms with Gasteiger partial charge in [-0.3, -0.25) is 14.9 Å². The smallest absolute Gasteiger partial charge is 0.270 e. The fourth-order valence-electron chi connectivity index (χ4n) is 2.85. The van der Waals surface area contributed by atoms with Gasteiger partial charge in [0.05, 0.1) is 15.5 Å². The molecule has 0 spiro atoms. The third-order valence-electron chi connectivity index (χ3n) is 4.27. The number of benzene rings is 3. The SMILES string of the molecule is O=C(/C=C/c1cccc([N+](=O)[O-])c1)Nc1ccc(Cl)c(-c2nc3ccccc3o2)c1. The molecule has 4 rings (SSSR count). The maximum absolute atomic E-state index is 12.3. The number of rotatable bonds is 5. The number of amides is 1. The summed E-state index contributed by atoms with van der Waals surface area (Å²) in [6.07, 6.45) is 2.80. The van der Waals surface area contributed by atoms with E-state index in [4.69, 9.17) is 16.0 Å². The van der Waals surface area contributed by atoms with E-state index in [1.807, 2.05) is 24.3 Å². The molecular formula is C22H14ClN3O4. The summed E-state index contributed by atoms with van der Waals surface area (Å²) >= 11 is 6.29. The van der Waals surface area contributed by atoms with E-state index in [-0.39, 0.29) is 5.69 Å². The van der Waals surface area contributed by atoms with E-state index in [0.717, 1.165) is 0 Å². The Bertz CT molecular complexity index is 1260. The molecule has 1 N–H and O–H groups in total. The second-order valence-electron chi connectivity index (χ2n) is 6.36. The highest BCUT2D eigenvalue weighted by Gasteiger charge is 2.13. The third kappa shape index (κ3) is 4.21. The van der Waals surface area contributed by atoms with Gasteiger partial charge in [-0.05, 0) is 42.0 Å². The molecule has 1 aromatic heterocycles. The molecule has 3 aromatic carbocycles. The standard InChI is InChI=1S/C22H14ClN3O4/c23-18-10-9-15(13-17(18)22-25-19-6-1-2-7-20(19)30-22)24-21(27)11-8-14-4-3-5-16(12-14)26(28)29/h1-13H,(H,24,27)/b11-8+. The summed E-state index contributed by atoms with van der Waals surface area (Å²) < 4.78 is 5.75. The molecule has 0 saturated carbocycles. The minimum Gasteiger partial charge on any atom is -0.436 e. The van der Waals surface area contributed by atoms with Crippen molar-refractivity contribution >= 4 is 46.1 Å². The molecule has 0 aliphatic carbocycles. The molecule has 0 fully saturated rings. The van der Waals surface area contributed by atoms with Crippen molar-refractivity contribution in [3.63, 3.8) is 0 Å². The van der Waals surface area contributed by atoms with Crippen molar-refractivity contribution in [1.29, 1.82) is 0 Å². The number of fused-ring (bicyclic) bond motifs is 1. The van der Waals surface area contributed by atoms with E-state index in [2.05, 4.69) is 10.3 Å². The number of aromatic nitrogens is 1. The number of non-ortho nitro benzene ring substituents is 1. The van der Waals surface area contributed by atoms with Crippen molar-refractivity contribution < 1.29 is 14.1 Å². The van der Waals surface area contributed by atoms with Gasteiger partial charge in [-0.15, -0.1) is 0 Å². The average Bonchev–Trinajstić information content (AvgIpc) is 3.18. The van der Waals surface area contributed by atoms with E-state index < -0.39 is 10.8 Å². The molecule has 8 heteroatoms. The largest absolute Gasteiger partial charge is 0.436 e. The van der Waals surface area contributed by atoms with Gasteiger partial charge in [0.15, 0.2) is 5.58 Å². The highest BCUT2D eigenvalue weighted by molar-refractivity contribution is 6.33. The lowest BCUT2D eigenvalue weighted by Crippen LogP contribution is -2.07. The summed E-state index contributed by atoms with van der Waals surface area (Å²) in [5.41, 5.74) is 2.90. The molecular weight excluding hydrogens is 406 g/mol. The first-order chi connectivity index (χ1) is 14.5. The lowest BCUT2D eigenvalue weighted by molar-refractivity contribution is -0.384. The molecule has 0 atom stereocenters. The van der Waals surface area contributed by atoms with Crippen LogP contribution in [0.25, 0.3) is 28.6 Å². The maximum atomic E-state index is 12.3. The molecule has 30 heavy (non-hydrogen) atoms. The van der Waals surface area contributed by atoms with Crippen LogP contribution in [0.4, 0.5) is 11.4 Å². The van der Waals surface area contributed by atoms with Crippen LogP contribution in [-0.2, 0) is 4.79 Å². The normalized spacial score (nSPS) is 11.1. The van der Waals surface area contributed by atoms with Gasteiger partial charge >= 0.3 is 0 Å². The van der Waals surface area contributed by atoms with Gasteiger partial charge in [-0.2, -0.15) is 0 Å². The van der Waals surface area contributed by atoms with Crippen molar-refractivity contribution in [2.75, 3.05) is 5.32 Å². The lowest BCUT2D eigenvalue weighted by Gasteiger charge is -2.06. The quantitative estimate of drug-likeness (QED) is 0.254. The Balaban J connectivity index is 1.53. The maximum Gasteiger partial charge on any atom is 0.270 e. The van der Waals surface area contributed by atoms with Crippen LogP contribution in [0.1, 0.15) is 5.56 Å². The number of nitrogens with zero attached hydrogens (tertiary/aromatic N) is 2. The minimum absolute atomic E-state index is 0.0433. The fourth-order valence-corrected chi connectivity index (χ4v) is 3.05. The van der Waals surface area contributed by atoms with Gasteiger partial charge in [0.25, 0.3) is 5.69 Å². The Morgan fingerprint density at radius 3 is 2.73 bits per heavy atom. The van der Waals surface area contributed by atoms with E-state index in [1.165, 1.54) is 24.3 Å². The molecule has 0 saturated heterocycles. The van der Waals surface area contributed by atoms with Crippen LogP contribution in [-0.4, -0.2) is 15.8 Å². The van der Waals surface area contributed by atoms with Crippen molar-refractivity contribution in [2.24, 2.45) is 0 Å². The zero-order valence-electron chi connectivity index (χ0n) is 15.4. The van der Waals surface area contributed by atoms with Crippen molar-refractivity contribution in [1.82, 2.24) is 4.98 Å². The highest BCUT2D eigenvalue weighted by atomic mass is 35.5. The number of nitro benzene ring substituents is 1. The molecule has 7 nitrogen and oxygen atoms in total. The molecule has 0 aliphatic rings. The summed E-state index contributed by atoms with van der Waals surface area (Å²) in [6, 6.07) is 18.3. The number of nitro groups is 1. The number of oxazole rings is 1. The summed E-state index contributed by atoms with van der Waals surface area (Å²) in [7, 11) is 0. The van der Waals surface area contributed by atoms with Crippen molar-refractivity contribution in [2.45, 2.75) is 0 Å². The molecule has 1 heterocycles. The summed E-state index contributed by atoms with van der Waals surface area (Å²) in [6.45, 7) is 0. The predicted molar refractivity (Wildman–Crippen MR) is 115 cm³/mol. The topological polar surface area (TPSA) is 98.3 Å². The van der Waals surface area contributed by atoms with Crippen molar-refractivity contribution in [3.8, 4) is 11.5 Å². The summed E-state index contributed by atoms with van der Waals surface area (Å²) in [5.74, 6) is -0.0446. The van der Waals surface area contributed by atoms with Gasteiger partial charge in [-0.1, -0.05) is 35.9 Å². The zero-order valence-corrected chi connectivity index (χ0v) is 16.2. The minimum atomic E-state index is -0.487. The van der Waals surface area contributed by atoms with Crippen LogP contribution in [0.2, 0.25) is 5.02 Å².